The van der Waals surface area contributed by atoms with Crippen molar-refractivity contribution >= 4 is 11.8 Å². The molecule has 2 heterocycles. The number of likely N-dealkylation sites (tertiary alicyclic amines) is 2. The summed E-state index contributed by atoms with van der Waals surface area (Å²) in [4.78, 5) is 28.7. The molecule has 0 radical (unpaired) electrons. The number of ether oxygens (including phenoxy) is 1. The molecule has 1 aromatic rings. The third-order valence-electron chi connectivity index (χ3n) is 7.73. The normalized spacial score (nSPS) is 26.9. The SMILES string of the molecule is CC(C)(F)CN1CCC(COc2ccc(C3C=CC=CC3(F)C(=O)N3CCCC[C@H]3C(N)=O)c(F)c2)CC1. The summed E-state index contributed by atoms with van der Waals surface area (Å²) in [6.07, 6.45) is 9.08. The fraction of sp³-hybridized carbons (Fsp3) is 0.586. The molecule has 3 atom stereocenters. The summed E-state index contributed by atoms with van der Waals surface area (Å²) in [5, 5.41) is 0. The number of carbonyl (C=O) groups is 2. The quantitative estimate of drug-likeness (QED) is 0.536. The van der Waals surface area contributed by atoms with Crippen molar-refractivity contribution in [3.8, 4) is 5.75 Å². The molecule has 2 saturated heterocycles. The third-order valence-corrected chi connectivity index (χ3v) is 7.73. The van der Waals surface area contributed by atoms with Crippen LogP contribution in [0.25, 0.3) is 0 Å². The molecule has 208 valence electrons. The van der Waals surface area contributed by atoms with Crippen LogP contribution in [-0.4, -0.2) is 71.8 Å². The number of nitrogens with zero attached hydrogens (tertiary/aromatic N) is 2. The van der Waals surface area contributed by atoms with E-state index in [4.69, 9.17) is 10.5 Å². The number of hydrogen-bond acceptors (Lipinski definition) is 4. The van der Waals surface area contributed by atoms with Gasteiger partial charge in [-0.2, -0.15) is 0 Å². The topological polar surface area (TPSA) is 75.9 Å². The molecule has 0 bridgehead atoms. The maximum atomic E-state index is 16.4. The Morgan fingerprint density at radius 2 is 1.87 bits per heavy atom. The minimum absolute atomic E-state index is 0.0311. The molecular formula is C29H38F3N3O3. The minimum atomic E-state index is -2.55. The molecule has 6 nitrogen and oxygen atoms in total. The first-order chi connectivity index (χ1) is 18.0. The van der Waals surface area contributed by atoms with Gasteiger partial charge in [-0.05, 0) is 82.7 Å². The zero-order valence-electron chi connectivity index (χ0n) is 22.2. The fourth-order valence-electron chi connectivity index (χ4n) is 5.75. The molecule has 2 N–H and O–H groups in total. The minimum Gasteiger partial charge on any atom is -0.493 e. The maximum absolute atomic E-state index is 16.4. The molecule has 0 aromatic heterocycles. The summed E-state index contributed by atoms with van der Waals surface area (Å²) in [5.41, 5.74) is 1.74. The third kappa shape index (κ3) is 6.42. The van der Waals surface area contributed by atoms with E-state index in [1.807, 2.05) is 0 Å². The van der Waals surface area contributed by atoms with Crippen molar-refractivity contribution in [2.24, 2.45) is 11.7 Å². The Hall–Kier alpha value is -2.81. The summed E-state index contributed by atoms with van der Waals surface area (Å²) in [7, 11) is 0. The molecule has 9 heteroatoms. The van der Waals surface area contributed by atoms with Crippen LogP contribution in [0.15, 0.2) is 42.5 Å². The van der Waals surface area contributed by atoms with E-state index in [2.05, 4.69) is 4.90 Å². The number of benzene rings is 1. The van der Waals surface area contributed by atoms with Crippen LogP contribution in [0.3, 0.4) is 0 Å². The Morgan fingerprint density at radius 1 is 1.13 bits per heavy atom. The molecule has 38 heavy (non-hydrogen) atoms. The van der Waals surface area contributed by atoms with Gasteiger partial charge in [0.2, 0.25) is 11.6 Å². The molecule has 2 aliphatic heterocycles. The Balaban J connectivity index is 1.42. The molecule has 1 aliphatic carbocycles. The van der Waals surface area contributed by atoms with E-state index in [1.54, 1.807) is 26.0 Å². The summed E-state index contributed by atoms with van der Waals surface area (Å²) in [5.74, 6) is -2.82. The van der Waals surface area contributed by atoms with E-state index in [0.717, 1.165) is 38.4 Å². The second-order valence-electron chi connectivity index (χ2n) is 11.3. The molecule has 2 fully saturated rings. The highest BCUT2D eigenvalue weighted by Gasteiger charge is 2.50. The second kappa shape index (κ2) is 11.5. The van der Waals surface area contributed by atoms with Crippen LogP contribution in [0.5, 0.6) is 5.75 Å². The predicted octanol–water partition coefficient (Wildman–Crippen LogP) is 4.45. The Labute approximate surface area is 222 Å². The van der Waals surface area contributed by atoms with Crippen molar-refractivity contribution in [2.45, 2.75) is 69.2 Å². The lowest BCUT2D eigenvalue weighted by Gasteiger charge is -2.40. The standard InChI is InChI=1S/C29H38F3N3O3/c1-28(2,31)19-34-15-11-20(12-16-34)18-38-21-9-10-22(24(30)17-21)23-7-3-5-13-29(23,32)27(37)35-14-6-4-8-25(35)26(33)36/h3,5,7,9-10,13,17,20,23,25H,4,6,8,11-12,14-16,18-19H2,1-2H3,(H2,33,36)/t23?,25-,29?/m0/s1. The monoisotopic (exact) mass is 533 g/mol. The van der Waals surface area contributed by atoms with Gasteiger partial charge in [0.05, 0.1) is 12.5 Å². The summed E-state index contributed by atoms with van der Waals surface area (Å²) >= 11 is 0. The first kappa shape index (κ1) is 28.2. The van der Waals surface area contributed by atoms with Gasteiger partial charge in [0.15, 0.2) is 0 Å². The van der Waals surface area contributed by atoms with Crippen LogP contribution in [0, 0.1) is 11.7 Å². The second-order valence-corrected chi connectivity index (χ2v) is 11.3. The molecule has 0 spiro atoms. The highest BCUT2D eigenvalue weighted by molar-refractivity contribution is 5.94. The summed E-state index contributed by atoms with van der Waals surface area (Å²) < 4.78 is 51.5. The molecule has 1 aromatic carbocycles. The molecule has 0 saturated carbocycles. The van der Waals surface area contributed by atoms with Crippen LogP contribution in [-0.2, 0) is 9.59 Å². The lowest BCUT2D eigenvalue weighted by molar-refractivity contribution is -0.149. The number of carbonyl (C=O) groups excluding carboxylic acids is 2. The van der Waals surface area contributed by atoms with Crippen LogP contribution in [0.2, 0.25) is 0 Å². The van der Waals surface area contributed by atoms with Crippen molar-refractivity contribution in [1.29, 1.82) is 0 Å². The van der Waals surface area contributed by atoms with Gasteiger partial charge < -0.3 is 20.3 Å². The van der Waals surface area contributed by atoms with E-state index in [0.29, 0.717) is 31.7 Å². The van der Waals surface area contributed by atoms with E-state index in [1.165, 1.54) is 29.2 Å². The fourth-order valence-corrected chi connectivity index (χ4v) is 5.75. The van der Waals surface area contributed by atoms with E-state index in [-0.39, 0.29) is 18.0 Å². The van der Waals surface area contributed by atoms with Crippen LogP contribution < -0.4 is 10.5 Å². The zero-order chi connectivity index (χ0) is 27.5. The number of halogens is 3. The van der Waals surface area contributed by atoms with Gasteiger partial charge in [0, 0.05) is 19.2 Å². The average molecular weight is 534 g/mol. The number of alkyl halides is 2. The van der Waals surface area contributed by atoms with Crippen molar-refractivity contribution in [1.82, 2.24) is 9.80 Å². The van der Waals surface area contributed by atoms with Crippen molar-refractivity contribution < 1.29 is 27.5 Å². The highest BCUT2D eigenvalue weighted by atomic mass is 19.1. The van der Waals surface area contributed by atoms with E-state index < -0.39 is 40.9 Å². The zero-order valence-corrected chi connectivity index (χ0v) is 22.2. The Morgan fingerprint density at radius 3 is 2.53 bits per heavy atom. The number of rotatable bonds is 8. The smallest absolute Gasteiger partial charge is 0.265 e. The molecule has 2 unspecified atom stereocenters. The van der Waals surface area contributed by atoms with Gasteiger partial charge in [-0.1, -0.05) is 24.3 Å². The van der Waals surface area contributed by atoms with Crippen molar-refractivity contribution in [3.05, 3.63) is 53.9 Å². The van der Waals surface area contributed by atoms with Gasteiger partial charge in [-0.15, -0.1) is 0 Å². The summed E-state index contributed by atoms with van der Waals surface area (Å²) in [6, 6.07) is 3.39. The maximum Gasteiger partial charge on any atom is 0.265 e. The number of allylic oxidation sites excluding steroid dienone is 3. The van der Waals surface area contributed by atoms with Crippen molar-refractivity contribution in [3.63, 3.8) is 0 Å². The largest absolute Gasteiger partial charge is 0.493 e. The predicted molar refractivity (Wildman–Crippen MR) is 140 cm³/mol. The van der Waals surface area contributed by atoms with Gasteiger partial charge in [0.1, 0.15) is 23.3 Å². The number of nitrogens with two attached hydrogens (primary N) is 1. The highest BCUT2D eigenvalue weighted by Crippen LogP contribution is 2.41. The van der Waals surface area contributed by atoms with Crippen LogP contribution >= 0.6 is 0 Å². The van der Waals surface area contributed by atoms with E-state index in [9.17, 15) is 14.0 Å². The molecular weight excluding hydrogens is 495 g/mol. The van der Waals surface area contributed by atoms with Gasteiger partial charge in [-0.25, -0.2) is 13.2 Å². The molecule has 2 amide bonds. The Kier molecular flexibility index (Phi) is 8.55. The van der Waals surface area contributed by atoms with Crippen molar-refractivity contribution in [2.75, 3.05) is 32.8 Å². The number of amides is 2. The Bertz CT molecular complexity index is 1080. The first-order valence-electron chi connectivity index (χ1n) is 13.5. The van der Waals surface area contributed by atoms with Gasteiger partial charge in [0.25, 0.3) is 5.91 Å². The lowest BCUT2D eigenvalue weighted by atomic mass is 9.78. The number of primary amides is 1. The lowest BCUT2D eigenvalue weighted by Crippen LogP contribution is -2.57. The first-order valence-corrected chi connectivity index (χ1v) is 13.5. The number of piperidine rings is 2. The number of hydrogen-bond donors (Lipinski definition) is 1. The summed E-state index contributed by atoms with van der Waals surface area (Å²) in [6.45, 7) is 5.77. The molecule has 4 rings (SSSR count). The van der Waals surface area contributed by atoms with Crippen LogP contribution in [0.4, 0.5) is 13.2 Å². The van der Waals surface area contributed by atoms with E-state index >= 15 is 8.78 Å². The average Bonchev–Trinajstić information content (AvgIpc) is 2.87. The molecule has 3 aliphatic rings. The van der Waals surface area contributed by atoms with Gasteiger partial charge >= 0.3 is 0 Å². The van der Waals surface area contributed by atoms with Crippen LogP contribution in [0.1, 0.15) is 57.4 Å². The van der Waals surface area contributed by atoms with Gasteiger partial charge in [-0.3, -0.25) is 9.59 Å².